The van der Waals surface area contributed by atoms with Gasteiger partial charge in [-0.25, -0.2) is 9.59 Å². The molecule has 0 fully saturated rings. The van der Waals surface area contributed by atoms with Crippen LogP contribution in [0.3, 0.4) is 0 Å². The number of unbranched alkanes of at least 4 members (excludes halogenated alkanes) is 13. The highest BCUT2D eigenvalue weighted by molar-refractivity contribution is 5.67. The van der Waals surface area contributed by atoms with Crippen LogP contribution in [0.5, 0.6) is 0 Å². The summed E-state index contributed by atoms with van der Waals surface area (Å²) in [5, 5.41) is 0. The van der Waals surface area contributed by atoms with Gasteiger partial charge in [-0.05, 0) is 6.42 Å². The van der Waals surface area contributed by atoms with Crippen LogP contribution in [0.1, 0.15) is 96.8 Å². The molecule has 0 aliphatic carbocycles. The molecule has 0 radical (unpaired) electrons. The molecular formula is C22H38FN3O4. The number of hydrogen-bond acceptors (Lipinski definition) is 4. The number of nitrogens with zero attached hydrogens (tertiary/aromatic N) is 2. The first-order valence-electron chi connectivity index (χ1n) is 11.4. The van der Waals surface area contributed by atoms with Crippen LogP contribution in [0.25, 0.3) is 0 Å². The van der Waals surface area contributed by atoms with Gasteiger partial charge in [0.05, 0.1) is 6.20 Å². The molecule has 1 amide bonds. The molecule has 0 unspecified atom stereocenters. The number of aromatic amines is 1. The highest BCUT2D eigenvalue weighted by Gasteiger charge is 2.13. The van der Waals surface area contributed by atoms with Crippen molar-refractivity contribution in [3.05, 3.63) is 32.9 Å². The number of carbonyl (C=O) groups excluding carboxylic acids is 1. The first-order valence-corrected chi connectivity index (χ1v) is 11.4. The summed E-state index contributed by atoms with van der Waals surface area (Å²) in [6.07, 6.45) is 17.4. The van der Waals surface area contributed by atoms with E-state index in [0.29, 0.717) is 17.5 Å². The largest absolute Gasteiger partial charge is 0.434 e. The molecule has 172 valence electrons. The van der Waals surface area contributed by atoms with Crippen LogP contribution < -0.4 is 16.1 Å². The van der Waals surface area contributed by atoms with E-state index in [0.717, 1.165) is 19.3 Å². The van der Waals surface area contributed by atoms with Crippen LogP contribution in [-0.4, -0.2) is 34.3 Å². The summed E-state index contributed by atoms with van der Waals surface area (Å²) < 4.78 is 13.6. The second-order valence-corrected chi connectivity index (χ2v) is 7.94. The van der Waals surface area contributed by atoms with Crippen molar-refractivity contribution in [3.8, 4) is 0 Å². The molecule has 0 saturated heterocycles. The summed E-state index contributed by atoms with van der Waals surface area (Å²) in [5.74, 6) is -1.20. The maximum absolute atomic E-state index is 13.2. The lowest BCUT2D eigenvalue weighted by molar-refractivity contribution is 0.0922. The van der Waals surface area contributed by atoms with Crippen LogP contribution in [0.4, 0.5) is 9.18 Å². The molecule has 0 bridgehead atoms. The minimum Gasteiger partial charge on any atom is -0.312 e. The van der Waals surface area contributed by atoms with Gasteiger partial charge >= 0.3 is 11.8 Å². The minimum atomic E-state index is -1.20. The van der Waals surface area contributed by atoms with E-state index in [4.69, 9.17) is 4.84 Å². The molecule has 0 aliphatic heterocycles. The van der Waals surface area contributed by atoms with E-state index >= 15 is 0 Å². The monoisotopic (exact) mass is 427 g/mol. The number of hydrogen-bond donors (Lipinski definition) is 1. The van der Waals surface area contributed by atoms with Crippen LogP contribution in [-0.2, 0) is 0 Å². The highest BCUT2D eigenvalue weighted by Crippen LogP contribution is 2.13. The van der Waals surface area contributed by atoms with E-state index in [2.05, 4.69) is 6.92 Å². The van der Waals surface area contributed by atoms with E-state index in [1.165, 1.54) is 75.5 Å². The van der Waals surface area contributed by atoms with Crippen molar-refractivity contribution < 1.29 is 14.0 Å². The molecular weight excluding hydrogens is 389 g/mol. The molecule has 0 spiro atoms. The number of aromatic nitrogens is 2. The van der Waals surface area contributed by atoms with Gasteiger partial charge in [-0.3, -0.25) is 9.78 Å². The van der Waals surface area contributed by atoms with Crippen molar-refractivity contribution >= 4 is 6.09 Å². The fourth-order valence-electron chi connectivity index (χ4n) is 3.29. The fourth-order valence-corrected chi connectivity index (χ4v) is 3.29. The smallest absolute Gasteiger partial charge is 0.312 e. The second kappa shape index (κ2) is 15.7. The molecule has 0 saturated carbocycles. The van der Waals surface area contributed by atoms with E-state index in [9.17, 15) is 18.8 Å². The van der Waals surface area contributed by atoms with Gasteiger partial charge in [0.15, 0.2) is 0 Å². The van der Waals surface area contributed by atoms with Crippen LogP contribution in [0.15, 0.2) is 15.8 Å². The molecule has 0 aromatic carbocycles. The molecule has 1 N–H and O–H groups in total. The topological polar surface area (TPSA) is 84.4 Å². The third-order valence-electron chi connectivity index (χ3n) is 5.20. The molecule has 0 aliphatic rings. The van der Waals surface area contributed by atoms with Crippen LogP contribution in [0.2, 0.25) is 0 Å². The standard InChI is InChI=1S/C22H38FN3O4/c1-3-4-5-6-7-8-9-10-11-12-13-14-15-16-17-25(2)22(29)30-26-18-19(23)20(27)24-21(26)28/h18H,3-17H2,1-2H3,(H,24,27,28). The SMILES string of the molecule is CCCCCCCCCCCCCCCCN(C)C(=O)On1cc(F)c(=O)[nH]c1=O. The third-order valence-corrected chi connectivity index (χ3v) is 5.20. The molecule has 1 rings (SSSR count). The maximum atomic E-state index is 13.2. The van der Waals surface area contributed by atoms with E-state index in [-0.39, 0.29) is 0 Å². The van der Waals surface area contributed by atoms with Gasteiger partial charge in [0.25, 0.3) is 5.56 Å². The van der Waals surface area contributed by atoms with Gasteiger partial charge in [0.2, 0.25) is 5.82 Å². The third kappa shape index (κ3) is 11.2. The molecule has 8 heteroatoms. The Morgan fingerprint density at radius 1 is 0.933 bits per heavy atom. The zero-order valence-corrected chi connectivity index (χ0v) is 18.6. The van der Waals surface area contributed by atoms with Gasteiger partial charge < -0.3 is 9.74 Å². The van der Waals surface area contributed by atoms with Crippen molar-refractivity contribution in [1.82, 2.24) is 14.6 Å². The summed E-state index contributed by atoms with van der Waals surface area (Å²) in [6, 6.07) is 0. The predicted octanol–water partition coefficient (Wildman–Crippen LogP) is 4.64. The van der Waals surface area contributed by atoms with Crippen molar-refractivity contribution in [2.75, 3.05) is 13.6 Å². The number of rotatable bonds is 16. The molecule has 30 heavy (non-hydrogen) atoms. The first-order chi connectivity index (χ1) is 14.5. The maximum Gasteiger partial charge on any atom is 0.434 e. The second-order valence-electron chi connectivity index (χ2n) is 7.94. The predicted molar refractivity (Wildman–Crippen MR) is 116 cm³/mol. The van der Waals surface area contributed by atoms with Crippen molar-refractivity contribution in [3.63, 3.8) is 0 Å². The van der Waals surface area contributed by atoms with Crippen molar-refractivity contribution in [1.29, 1.82) is 0 Å². The molecule has 0 atom stereocenters. The minimum absolute atomic E-state index is 0.390. The first kappa shape index (κ1) is 25.9. The lowest BCUT2D eigenvalue weighted by atomic mass is 10.0. The number of H-pyrrole nitrogens is 1. The Hall–Kier alpha value is -2.12. The van der Waals surface area contributed by atoms with E-state index in [1.54, 1.807) is 12.0 Å². The Morgan fingerprint density at radius 2 is 1.40 bits per heavy atom. The zero-order chi connectivity index (χ0) is 22.2. The summed E-state index contributed by atoms with van der Waals surface area (Å²) in [5.41, 5.74) is -2.15. The van der Waals surface area contributed by atoms with E-state index < -0.39 is 23.2 Å². The van der Waals surface area contributed by atoms with Gasteiger partial charge in [-0.2, -0.15) is 4.39 Å². The summed E-state index contributed by atoms with van der Waals surface area (Å²) in [4.78, 5) is 42.3. The quantitative estimate of drug-likeness (QED) is 0.390. The number of halogens is 1. The molecule has 1 aromatic rings. The van der Waals surface area contributed by atoms with Crippen LogP contribution >= 0.6 is 0 Å². The lowest BCUT2D eigenvalue weighted by Gasteiger charge is -2.16. The normalized spacial score (nSPS) is 10.9. The van der Waals surface area contributed by atoms with Gasteiger partial charge in [-0.15, -0.1) is 4.73 Å². The Morgan fingerprint density at radius 3 is 1.90 bits per heavy atom. The van der Waals surface area contributed by atoms with Gasteiger partial charge in [-0.1, -0.05) is 90.4 Å². The summed E-state index contributed by atoms with van der Waals surface area (Å²) in [7, 11) is 1.55. The van der Waals surface area contributed by atoms with Gasteiger partial charge in [0.1, 0.15) is 0 Å². The lowest BCUT2D eigenvalue weighted by Crippen LogP contribution is -2.41. The Labute approximate surface area is 178 Å². The van der Waals surface area contributed by atoms with Gasteiger partial charge in [0, 0.05) is 13.6 Å². The molecule has 1 aromatic heterocycles. The Kier molecular flexibility index (Phi) is 13.5. The Balaban J connectivity index is 2.02. The average molecular weight is 428 g/mol. The Bertz CT molecular complexity index is 717. The van der Waals surface area contributed by atoms with Crippen molar-refractivity contribution in [2.45, 2.75) is 96.8 Å². The summed E-state index contributed by atoms with van der Waals surface area (Å²) in [6.45, 7) is 2.73. The highest BCUT2D eigenvalue weighted by atomic mass is 19.1. The number of nitrogens with one attached hydrogen (secondary N) is 1. The fraction of sp³-hybridized carbons (Fsp3) is 0.773. The number of carbonyl (C=O) groups is 1. The zero-order valence-electron chi connectivity index (χ0n) is 18.6. The molecule has 1 heterocycles. The van der Waals surface area contributed by atoms with E-state index in [1.807, 2.05) is 0 Å². The summed E-state index contributed by atoms with van der Waals surface area (Å²) >= 11 is 0. The van der Waals surface area contributed by atoms with Crippen molar-refractivity contribution in [2.24, 2.45) is 0 Å². The number of amides is 1. The van der Waals surface area contributed by atoms with Crippen LogP contribution in [0, 0.1) is 5.82 Å². The molecule has 7 nitrogen and oxygen atoms in total. The average Bonchev–Trinajstić information content (AvgIpc) is 2.72.